The van der Waals surface area contributed by atoms with Crippen LogP contribution in [0.1, 0.15) is 41.0 Å². The van der Waals surface area contributed by atoms with Crippen molar-refractivity contribution in [3.05, 3.63) is 68.7 Å². The summed E-state index contributed by atoms with van der Waals surface area (Å²) in [6.07, 6.45) is 3.88. The van der Waals surface area contributed by atoms with Crippen molar-refractivity contribution in [3.63, 3.8) is 0 Å². The van der Waals surface area contributed by atoms with Crippen molar-refractivity contribution in [2.75, 3.05) is 0 Å². The molecule has 0 unspecified atom stereocenters. The molecule has 0 N–H and O–H groups in total. The Labute approximate surface area is 161 Å². The van der Waals surface area contributed by atoms with E-state index in [2.05, 4.69) is 4.98 Å². The van der Waals surface area contributed by atoms with Crippen LogP contribution in [0, 0.1) is 6.92 Å². The zero-order valence-electron chi connectivity index (χ0n) is 15.0. The first-order valence-corrected chi connectivity index (χ1v) is 9.42. The summed E-state index contributed by atoms with van der Waals surface area (Å²) in [5.41, 5.74) is 1.76. The van der Waals surface area contributed by atoms with Gasteiger partial charge < -0.3 is 4.74 Å². The van der Waals surface area contributed by atoms with Crippen LogP contribution in [0.25, 0.3) is 10.9 Å². The fraction of sp³-hybridized carbons (Fsp3) is 0.286. The summed E-state index contributed by atoms with van der Waals surface area (Å²) >= 11 is 6.10. The van der Waals surface area contributed by atoms with Crippen molar-refractivity contribution in [1.29, 1.82) is 0 Å². The van der Waals surface area contributed by atoms with E-state index in [4.69, 9.17) is 16.3 Å². The van der Waals surface area contributed by atoms with Crippen LogP contribution in [0.2, 0.25) is 5.02 Å². The first-order chi connectivity index (χ1) is 13.0. The van der Waals surface area contributed by atoms with Crippen LogP contribution < -0.4 is 10.3 Å². The van der Waals surface area contributed by atoms with E-state index in [0.29, 0.717) is 33.8 Å². The van der Waals surface area contributed by atoms with Crippen molar-refractivity contribution < 1.29 is 9.53 Å². The fourth-order valence-electron chi connectivity index (χ4n) is 3.39. The largest absolute Gasteiger partial charge is 0.421 e. The molecule has 0 fully saturated rings. The third-order valence-electron chi connectivity index (χ3n) is 4.84. The van der Waals surface area contributed by atoms with Gasteiger partial charge in [-0.2, -0.15) is 0 Å². The molecule has 0 atom stereocenters. The highest BCUT2D eigenvalue weighted by Crippen LogP contribution is 2.26. The van der Waals surface area contributed by atoms with Crippen LogP contribution in [0.15, 0.2) is 41.2 Å². The van der Waals surface area contributed by atoms with Gasteiger partial charge in [0, 0.05) is 13.0 Å². The smallest absolute Gasteiger partial charge is 0.343 e. The molecular formula is C21H19ClN2O3. The third-order valence-corrected chi connectivity index (χ3v) is 5.15. The lowest BCUT2D eigenvalue weighted by Crippen LogP contribution is -2.24. The average molecular weight is 383 g/mol. The maximum atomic E-state index is 12.8. The fourth-order valence-corrected chi connectivity index (χ4v) is 3.55. The first kappa shape index (κ1) is 17.7. The van der Waals surface area contributed by atoms with Crippen LogP contribution in [0.4, 0.5) is 0 Å². The summed E-state index contributed by atoms with van der Waals surface area (Å²) in [7, 11) is 0. The second-order valence-corrected chi connectivity index (χ2v) is 7.26. The zero-order valence-corrected chi connectivity index (χ0v) is 15.8. The predicted molar refractivity (Wildman–Crippen MR) is 105 cm³/mol. The quantitative estimate of drug-likeness (QED) is 0.489. The first-order valence-electron chi connectivity index (χ1n) is 9.05. The van der Waals surface area contributed by atoms with Crippen LogP contribution in [-0.4, -0.2) is 15.5 Å². The average Bonchev–Trinajstić information content (AvgIpc) is 2.90. The molecule has 0 aliphatic carbocycles. The molecule has 27 heavy (non-hydrogen) atoms. The van der Waals surface area contributed by atoms with Crippen LogP contribution >= 0.6 is 11.6 Å². The molecule has 0 spiro atoms. The molecular weight excluding hydrogens is 364 g/mol. The summed E-state index contributed by atoms with van der Waals surface area (Å²) < 4.78 is 7.21. The Bertz CT molecular complexity index is 1100. The molecule has 3 aromatic rings. The Kier molecular flexibility index (Phi) is 4.70. The second kappa shape index (κ2) is 7.16. The summed E-state index contributed by atoms with van der Waals surface area (Å²) in [5, 5.41) is 0.891. The lowest BCUT2D eigenvalue weighted by molar-refractivity contribution is 0.0735. The normalized spacial score (nSPS) is 13.9. The predicted octanol–water partition coefficient (Wildman–Crippen LogP) is 4.30. The van der Waals surface area contributed by atoms with Gasteiger partial charge >= 0.3 is 5.97 Å². The summed E-state index contributed by atoms with van der Waals surface area (Å²) in [5.74, 6) is 0.579. The second-order valence-electron chi connectivity index (χ2n) is 6.85. The van der Waals surface area contributed by atoms with Gasteiger partial charge in [0.05, 0.1) is 21.5 Å². The Balaban J connectivity index is 1.71. The number of rotatable bonds is 2. The highest BCUT2D eigenvalue weighted by atomic mass is 35.5. The number of benzene rings is 2. The van der Waals surface area contributed by atoms with Crippen molar-refractivity contribution in [2.24, 2.45) is 0 Å². The van der Waals surface area contributed by atoms with E-state index in [9.17, 15) is 9.59 Å². The zero-order chi connectivity index (χ0) is 19.0. The number of hydrogen-bond acceptors (Lipinski definition) is 4. The molecule has 5 nitrogen and oxygen atoms in total. The standard InChI is InChI=1S/C21H19ClN2O3/c1-13-6-9-16(22)18(11-13)27-21(26)14-7-8-15-17(12-14)23-19-5-3-2-4-10-24(19)20(15)25/h6-9,11-12H,2-5,10H2,1H3. The number of nitrogens with zero attached hydrogens (tertiary/aromatic N) is 2. The Morgan fingerprint density at radius 1 is 1.15 bits per heavy atom. The Hall–Kier alpha value is -2.66. The number of aromatic nitrogens is 2. The van der Waals surface area contributed by atoms with Crippen molar-refractivity contribution >= 4 is 28.5 Å². The van der Waals surface area contributed by atoms with Gasteiger partial charge in [0.25, 0.3) is 5.56 Å². The summed E-state index contributed by atoms with van der Waals surface area (Å²) in [6.45, 7) is 2.60. The molecule has 6 heteroatoms. The van der Waals surface area contributed by atoms with Crippen LogP contribution in [0.5, 0.6) is 5.75 Å². The van der Waals surface area contributed by atoms with Gasteiger partial charge in [-0.1, -0.05) is 24.1 Å². The minimum absolute atomic E-state index is 0.0430. The number of aryl methyl sites for hydroxylation is 2. The molecule has 1 aliphatic rings. The lowest BCUT2D eigenvalue weighted by Gasteiger charge is -2.11. The van der Waals surface area contributed by atoms with Gasteiger partial charge in [-0.25, -0.2) is 9.78 Å². The van der Waals surface area contributed by atoms with Gasteiger partial charge in [0.2, 0.25) is 0 Å². The summed E-state index contributed by atoms with van der Waals surface area (Å²) in [6, 6.07) is 10.1. The highest BCUT2D eigenvalue weighted by Gasteiger charge is 2.17. The van der Waals surface area contributed by atoms with Crippen LogP contribution in [-0.2, 0) is 13.0 Å². The number of hydrogen-bond donors (Lipinski definition) is 0. The SMILES string of the molecule is Cc1ccc(Cl)c(OC(=O)c2ccc3c(=O)n4c(nc3c2)CCCCC4)c1. The van der Waals surface area contributed by atoms with E-state index in [0.717, 1.165) is 37.1 Å². The van der Waals surface area contributed by atoms with Gasteiger partial charge in [-0.05, 0) is 55.7 Å². The third kappa shape index (κ3) is 3.47. The van der Waals surface area contributed by atoms with Crippen molar-refractivity contribution in [2.45, 2.75) is 39.2 Å². The van der Waals surface area contributed by atoms with Gasteiger partial charge in [-0.3, -0.25) is 9.36 Å². The summed E-state index contributed by atoms with van der Waals surface area (Å²) in [4.78, 5) is 30.0. The van der Waals surface area contributed by atoms with Gasteiger partial charge in [0.15, 0.2) is 0 Å². The monoisotopic (exact) mass is 382 g/mol. The molecule has 0 saturated carbocycles. The highest BCUT2D eigenvalue weighted by molar-refractivity contribution is 6.32. The lowest BCUT2D eigenvalue weighted by atomic mass is 10.1. The number of carbonyl (C=O) groups excluding carboxylic acids is 1. The van der Waals surface area contributed by atoms with E-state index >= 15 is 0 Å². The van der Waals surface area contributed by atoms with E-state index < -0.39 is 5.97 Å². The number of halogens is 1. The number of carbonyl (C=O) groups is 1. The van der Waals surface area contributed by atoms with Gasteiger partial charge in [-0.15, -0.1) is 0 Å². The molecule has 0 radical (unpaired) electrons. The molecule has 2 heterocycles. The molecule has 2 aromatic carbocycles. The maximum Gasteiger partial charge on any atom is 0.343 e. The molecule has 0 bridgehead atoms. The molecule has 138 valence electrons. The minimum atomic E-state index is -0.527. The Morgan fingerprint density at radius 2 is 2.00 bits per heavy atom. The van der Waals surface area contributed by atoms with Crippen molar-refractivity contribution in [1.82, 2.24) is 9.55 Å². The molecule has 0 saturated heterocycles. The number of esters is 1. The Morgan fingerprint density at radius 3 is 2.85 bits per heavy atom. The molecule has 4 rings (SSSR count). The molecule has 1 aliphatic heterocycles. The van der Waals surface area contributed by atoms with Crippen LogP contribution in [0.3, 0.4) is 0 Å². The minimum Gasteiger partial charge on any atom is -0.421 e. The topological polar surface area (TPSA) is 61.2 Å². The maximum absolute atomic E-state index is 12.8. The van der Waals surface area contributed by atoms with Crippen molar-refractivity contribution in [3.8, 4) is 5.75 Å². The number of ether oxygens (including phenoxy) is 1. The molecule has 1 aromatic heterocycles. The van der Waals surface area contributed by atoms with E-state index in [-0.39, 0.29) is 5.56 Å². The van der Waals surface area contributed by atoms with E-state index in [1.807, 2.05) is 13.0 Å². The number of fused-ring (bicyclic) bond motifs is 2. The van der Waals surface area contributed by atoms with E-state index in [1.54, 1.807) is 34.9 Å². The van der Waals surface area contributed by atoms with Gasteiger partial charge in [0.1, 0.15) is 11.6 Å². The molecule has 0 amide bonds. The van der Waals surface area contributed by atoms with E-state index in [1.165, 1.54) is 0 Å².